The molecule has 2 rings (SSSR count). The van der Waals surface area contributed by atoms with E-state index in [2.05, 4.69) is 15.4 Å². The molecule has 1 aromatic heterocycles. The number of aromatic nitrogens is 1. The molecule has 68 valence electrons. The zero-order valence-corrected chi connectivity index (χ0v) is 8.01. The molecule has 3 nitrogen and oxygen atoms in total. The van der Waals surface area contributed by atoms with Gasteiger partial charge in [0.15, 0.2) is 0 Å². The lowest BCUT2D eigenvalue weighted by atomic mass is 10.3. The third-order valence-corrected chi connectivity index (χ3v) is 3.10. The second kappa shape index (κ2) is 3.81. The van der Waals surface area contributed by atoms with Gasteiger partial charge in [-0.2, -0.15) is 0 Å². The fraction of sp³-hybridized carbons (Fsp3) is 0.556. The Kier molecular flexibility index (Phi) is 2.52. The number of hydrogen-bond acceptors (Lipinski definition) is 4. The Morgan fingerprint density at radius 3 is 3.23 bits per heavy atom. The fourth-order valence-corrected chi connectivity index (χ4v) is 2.20. The van der Waals surface area contributed by atoms with E-state index < -0.39 is 0 Å². The minimum atomic E-state index is 0.511. The average Bonchev–Trinajstić information content (AvgIpc) is 2.88. The van der Waals surface area contributed by atoms with Crippen molar-refractivity contribution in [2.45, 2.75) is 25.2 Å². The molecule has 0 radical (unpaired) electrons. The summed E-state index contributed by atoms with van der Waals surface area (Å²) in [6.07, 6.45) is 4.88. The van der Waals surface area contributed by atoms with E-state index in [0.717, 1.165) is 18.0 Å². The molecular weight excluding hydrogens is 184 g/mol. The van der Waals surface area contributed by atoms with E-state index in [-0.39, 0.29) is 0 Å². The average molecular weight is 194 g/mol. The van der Waals surface area contributed by atoms with Gasteiger partial charge < -0.3 is 0 Å². The van der Waals surface area contributed by atoms with Gasteiger partial charge in [-0.1, -0.05) is 0 Å². The summed E-state index contributed by atoms with van der Waals surface area (Å²) in [6.45, 7) is 0.511. The molecule has 0 spiro atoms. The van der Waals surface area contributed by atoms with E-state index in [1.165, 1.54) is 23.9 Å². The van der Waals surface area contributed by atoms with Crippen molar-refractivity contribution < 1.29 is 4.79 Å². The molecule has 1 heterocycles. The number of carbonyl (C=O) groups excluding carboxylic acids is 1. The van der Waals surface area contributed by atoms with Crippen LogP contribution >= 0.6 is 11.3 Å². The van der Waals surface area contributed by atoms with Gasteiger partial charge >= 0.3 is 0 Å². The predicted octanol–water partition coefficient (Wildman–Crippen LogP) is 1.90. The molecule has 0 amide bonds. The Hall–Kier alpha value is -0.990. The molecule has 0 aromatic carbocycles. The molecule has 0 saturated heterocycles. The topological polar surface area (TPSA) is 42.3 Å². The summed E-state index contributed by atoms with van der Waals surface area (Å²) in [5.74, 6) is 0.730. The molecule has 1 aromatic rings. The smallest absolute Gasteiger partial charge is 0.234 e. The van der Waals surface area contributed by atoms with Crippen molar-refractivity contribution in [1.29, 1.82) is 0 Å². The number of nitrogens with zero attached hydrogens (tertiary/aromatic N) is 2. The highest BCUT2D eigenvalue weighted by atomic mass is 32.1. The van der Waals surface area contributed by atoms with E-state index in [9.17, 15) is 4.79 Å². The van der Waals surface area contributed by atoms with Crippen LogP contribution in [0.4, 0.5) is 0 Å². The lowest BCUT2D eigenvalue weighted by Gasteiger charge is -1.88. The minimum Gasteiger partial charge on any atom is -0.246 e. The van der Waals surface area contributed by atoms with Crippen molar-refractivity contribution in [2.24, 2.45) is 4.99 Å². The highest BCUT2D eigenvalue weighted by molar-refractivity contribution is 7.09. The first-order chi connectivity index (χ1) is 6.40. The first kappa shape index (κ1) is 8.60. The Balaban J connectivity index is 1.92. The second-order valence-corrected chi connectivity index (χ2v) is 4.06. The molecular formula is C9H10N2OS. The van der Waals surface area contributed by atoms with Gasteiger partial charge in [0.05, 0.1) is 17.2 Å². The lowest BCUT2D eigenvalue weighted by Crippen LogP contribution is -1.89. The third kappa shape index (κ3) is 2.23. The van der Waals surface area contributed by atoms with Gasteiger partial charge in [0.25, 0.3) is 0 Å². The maximum absolute atomic E-state index is 9.81. The van der Waals surface area contributed by atoms with E-state index in [4.69, 9.17) is 0 Å². The molecule has 0 bridgehead atoms. The standard InChI is InChI=1S/C9H10N2OS/c12-6-10-4-3-8-5-13-9(11-8)7-1-2-7/h5,7H,1-4H2. The molecule has 1 aliphatic rings. The summed E-state index contributed by atoms with van der Waals surface area (Å²) in [5.41, 5.74) is 1.06. The first-order valence-corrected chi connectivity index (χ1v) is 5.26. The number of hydrogen-bond donors (Lipinski definition) is 0. The van der Waals surface area contributed by atoms with Crippen molar-refractivity contribution in [1.82, 2.24) is 4.98 Å². The zero-order valence-electron chi connectivity index (χ0n) is 7.19. The summed E-state index contributed by atoms with van der Waals surface area (Å²) < 4.78 is 0. The molecule has 0 aliphatic heterocycles. The van der Waals surface area contributed by atoms with E-state index >= 15 is 0 Å². The van der Waals surface area contributed by atoms with Crippen LogP contribution < -0.4 is 0 Å². The number of aliphatic imine (C=N–C) groups is 1. The molecule has 0 atom stereocenters. The molecule has 4 heteroatoms. The summed E-state index contributed by atoms with van der Waals surface area (Å²) in [5, 5.41) is 3.32. The van der Waals surface area contributed by atoms with Gasteiger partial charge in [0.1, 0.15) is 0 Å². The molecule has 1 fully saturated rings. The van der Waals surface area contributed by atoms with Crippen LogP contribution in [0.1, 0.15) is 29.5 Å². The third-order valence-electron chi connectivity index (χ3n) is 2.04. The maximum Gasteiger partial charge on any atom is 0.234 e. The van der Waals surface area contributed by atoms with Crippen LogP contribution in [-0.4, -0.2) is 17.6 Å². The molecule has 1 saturated carbocycles. The van der Waals surface area contributed by atoms with Crippen molar-refractivity contribution in [3.8, 4) is 0 Å². The monoisotopic (exact) mass is 194 g/mol. The van der Waals surface area contributed by atoms with Crippen LogP contribution in [0.15, 0.2) is 10.4 Å². The number of isocyanates is 1. The predicted molar refractivity (Wildman–Crippen MR) is 50.8 cm³/mol. The van der Waals surface area contributed by atoms with Crippen LogP contribution in [0.2, 0.25) is 0 Å². The van der Waals surface area contributed by atoms with Gasteiger partial charge in [-0.25, -0.2) is 14.8 Å². The molecule has 1 aliphatic carbocycles. The highest BCUT2D eigenvalue weighted by Crippen LogP contribution is 2.41. The molecule has 0 N–H and O–H groups in total. The zero-order chi connectivity index (χ0) is 9.10. The second-order valence-electron chi connectivity index (χ2n) is 3.17. The Morgan fingerprint density at radius 2 is 2.54 bits per heavy atom. The van der Waals surface area contributed by atoms with E-state index in [1.807, 2.05) is 0 Å². The summed E-state index contributed by atoms with van der Waals surface area (Å²) in [6, 6.07) is 0. The molecule has 13 heavy (non-hydrogen) atoms. The Labute approximate surface area is 80.5 Å². The fourth-order valence-electron chi connectivity index (χ4n) is 1.17. The van der Waals surface area contributed by atoms with E-state index in [1.54, 1.807) is 11.3 Å². The largest absolute Gasteiger partial charge is 0.246 e. The highest BCUT2D eigenvalue weighted by Gasteiger charge is 2.26. The summed E-state index contributed by atoms with van der Waals surface area (Å²) in [7, 11) is 0. The normalized spacial score (nSPS) is 15.4. The summed E-state index contributed by atoms with van der Waals surface area (Å²) in [4.78, 5) is 17.8. The first-order valence-electron chi connectivity index (χ1n) is 4.38. The minimum absolute atomic E-state index is 0.511. The van der Waals surface area contributed by atoms with Crippen LogP contribution in [0.5, 0.6) is 0 Å². The maximum atomic E-state index is 9.81. The van der Waals surface area contributed by atoms with Crippen LogP contribution in [0.3, 0.4) is 0 Å². The van der Waals surface area contributed by atoms with Gasteiger partial charge in [0.2, 0.25) is 6.08 Å². The Bertz CT molecular complexity index is 337. The summed E-state index contributed by atoms with van der Waals surface area (Å²) >= 11 is 1.73. The van der Waals surface area contributed by atoms with Crippen molar-refractivity contribution in [3.05, 3.63) is 16.1 Å². The van der Waals surface area contributed by atoms with Gasteiger partial charge in [-0.05, 0) is 12.8 Å². The lowest BCUT2D eigenvalue weighted by molar-refractivity contribution is 0.563. The number of rotatable bonds is 4. The van der Waals surface area contributed by atoms with Gasteiger partial charge in [-0.15, -0.1) is 11.3 Å². The number of thiazole rings is 1. The van der Waals surface area contributed by atoms with Crippen molar-refractivity contribution in [2.75, 3.05) is 6.54 Å². The Morgan fingerprint density at radius 1 is 1.69 bits per heavy atom. The SMILES string of the molecule is O=C=NCCc1csc(C2CC2)n1. The van der Waals surface area contributed by atoms with Crippen LogP contribution in [-0.2, 0) is 11.2 Å². The van der Waals surface area contributed by atoms with Gasteiger partial charge in [-0.3, -0.25) is 0 Å². The molecule has 0 unspecified atom stereocenters. The van der Waals surface area contributed by atoms with Crippen LogP contribution in [0.25, 0.3) is 0 Å². The quantitative estimate of drug-likeness (QED) is 0.542. The van der Waals surface area contributed by atoms with Gasteiger partial charge in [0, 0.05) is 17.7 Å². The van der Waals surface area contributed by atoms with Crippen LogP contribution in [0, 0.1) is 0 Å². The van der Waals surface area contributed by atoms with E-state index in [0.29, 0.717) is 6.54 Å². The van der Waals surface area contributed by atoms with Crippen molar-refractivity contribution >= 4 is 17.4 Å². The van der Waals surface area contributed by atoms with Crippen molar-refractivity contribution in [3.63, 3.8) is 0 Å².